The Morgan fingerprint density at radius 2 is 1.97 bits per heavy atom. The molecule has 1 saturated heterocycles. The molecule has 3 atom stereocenters. The van der Waals surface area contributed by atoms with Crippen molar-refractivity contribution in [2.75, 3.05) is 13.1 Å². The van der Waals surface area contributed by atoms with E-state index in [0.29, 0.717) is 35.2 Å². The highest BCUT2D eigenvalue weighted by Crippen LogP contribution is 2.50. The van der Waals surface area contributed by atoms with Gasteiger partial charge in [-0.2, -0.15) is 0 Å². The molecule has 6 nitrogen and oxygen atoms in total. The average Bonchev–Trinajstić information content (AvgIpc) is 3.14. The summed E-state index contributed by atoms with van der Waals surface area (Å²) in [7, 11) is 0. The van der Waals surface area contributed by atoms with Gasteiger partial charge in [0.25, 0.3) is 11.8 Å². The first-order chi connectivity index (χ1) is 16.9. The number of likely N-dealkylation sites (tertiary alicyclic amines) is 1. The van der Waals surface area contributed by atoms with Crippen LogP contribution in [-0.2, 0) is 0 Å². The molecule has 1 saturated carbocycles. The number of benzene rings is 2. The van der Waals surface area contributed by atoms with E-state index in [1.165, 1.54) is 0 Å². The van der Waals surface area contributed by atoms with Crippen LogP contribution in [0.4, 0.5) is 0 Å². The summed E-state index contributed by atoms with van der Waals surface area (Å²) in [6, 6.07) is 15.6. The second-order valence-corrected chi connectivity index (χ2v) is 11.0. The number of amides is 2. The van der Waals surface area contributed by atoms with Crippen LogP contribution >= 0.6 is 11.3 Å². The molecule has 0 radical (unpaired) electrons. The Morgan fingerprint density at radius 3 is 2.80 bits per heavy atom. The topological polar surface area (TPSA) is 75.4 Å². The molecule has 1 aliphatic heterocycles. The number of hydrogen-bond donors (Lipinski definition) is 1. The standard InChI is InChI=1S/C28H27N3O3S/c1-15-6-4-7-18(10-15)26-25(30-17(3)35-26)28(33)31-14-19-12-21(19)23(31)13-29-27(32)20-8-5-9-24-22(20)11-16(2)34-24/h4-11,19,21,23H,12-14H2,1-3H3,(H,29,32)/t19-,21-,23-/m1/s1. The lowest BCUT2D eigenvalue weighted by Crippen LogP contribution is -2.45. The van der Waals surface area contributed by atoms with Crippen LogP contribution in [0.25, 0.3) is 21.4 Å². The first-order valence-corrected chi connectivity index (χ1v) is 12.8. The number of thiazole rings is 1. The SMILES string of the molecule is Cc1cccc(-c2sc(C)nc2C(=O)N2C[C@H]3C[C@H]3[C@H]2CNC(=O)c2cccc3oc(C)cc23)c1. The Morgan fingerprint density at radius 1 is 1.14 bits per heavy atom. The molecular weight excluding hydrogens is 458 g/mol. The summed E-state index contributed by atoms with van der Waals surface area (Å²) >= 11 is 1.56. The van der Waals surface area contributed by atoms with Crippen molar-refractivity contribution < 1.29 is 14.0 Å². The van der Waals surface area contributed by atoms with Gasteiger partial charge < -0.3 is 14.6 Å². The van der Waals surface area contributed by atoms with Crippen molar-refractivity contribution in [2.24, 2.45) is 11.8 Å². The van der Waals surface area contributed by atoms with E-state index in [9.17, 15) is 9.59 Å². The summed E-state index contributed by atoms with van der Waals surface area (Å²) in [5.74, 6) is 1.55. The highest BCUT2D eigenvalue weighted by Gasteiger charge is 2.54. The van der Waals surface area contributed by atoms with E-state index in [2.05, 4.69) is 29.4 Å². The van der Waals surface area contributed by atoms with Gasteiger partial charge in [0.05, 0.1) is 21.5 Å². The predicted molar refractivity (Wildman–Crippen MR) is 137 cm³/mol. The Hall–Kier alpha value is -3.45. The zero-order valence-electron chi connectivity index (χ0n) is 20.0. The van der Waals surface area contributed by atoms with E-state index in [4.69, 9.17) is 4.42 Å². The van der Waals surface area contributed by atoms with Crippen molar-refractivity contribution >= 4 is 34.1 Å². The maximum Gasteiger partial charge on any atom is 0.274 e. The summed E-state index contributed by atoms with van der Waals surface area (Å²) in [6.45, 7) is 7.03. The minimum Gasteiger partial charge on any atom is -0.461 e. The van der Waals surface area contributed by atoms with Gasteiger partial charge in [-0.05, 0) is 62.8 Å². The summed E-state index contributed by atoms with van der Waals surface area (Å²) in [4.78, 5) is 34.4. The minimum atomic E-state index is -0.141. The van der Waals surface area contributed by atoms with E-state index < -0.39 is 0 Å². The van der Waals surface area contributed by atoms with Gasteiger partial charge in [-0.3, -0.25) is 9.59 Å². The number of fused-ring (bicyclic) bond motifs is 2. The second-order valence-electron chi connectivity index (χ2n) is 9.75. The number of furan rings is 1. The Kier molecular flexibility index (Phi) is 5.25. The smallest absolute Gasteiger partial charge is 0.274 e. The fourth-order valence-corrected chi connectivity index (χ4v) is 6.34. The van der Waals surface area contributed by atoms with Crippen LogP contribution in [0.5, 0.6) is 0 Å². The third-order valence-electron chi connectivity index (χ3n) is 7.18. The van der Waals surface area contributed by atoms with E-state index >= 15 is 0 Å². The summed E-state index contributed by atoms with van der Waals surface area (Å²) in [6.07, 6.45) is 1.11. The molecule has 2 aromatic heterocycles. The molecule has 2 fully saturated rings. The number of carbonyl (C=O) groups excluding carboxylic acids is 2. The lowest BCUT2D eigenvalue weighted by molar-refractivity contribution is 0.0690. The molecule has 7 heteroatoms. The average molecular weight is 486 g/mol. The van der Waals surface area contributed by atoms with Crippen LogP contribution < -0.4 is 5.32 Å². The molecule has 178 valence electrons. The Labute approximate surface area is 208 Å². The summed E-state index contributed by atoms with van der Waals surface area (Å²) in [5, 5.41) is 4.79. The number of piperidine rings is 1. The largest absolute Gasteiger partial charge is 0.461 e. The molecule has 2 aliphatic rings. The number of aryl methyl sites for hydroxylation is 3. The van der Waals surface area contributed by atoms with Gasteiger partial charge in [0.15, 0.2) is 0 Å². The maximum absolute atomic E-state index is 13.8. The van der Waals surface area contributed by atoms with Crippen LogP contribution in [-0.4, -0.2) is 40.8 Å². The number of hydrogen-bond acceptors (Lipinski definition) is 5. The number of aromatic nitrogens is 1. The molecule has 2 amide bonds. The van der Waals surface area contributed by atoms with Crippen LogP contribution in [0.1, 0.15) is 43.6 Å². The molecule has 1 aliphatic carbocycles. The molecular formula is C28H27N3O3S. The van der Waals surface area contributed by atoms with Crippen molar-refractivity contribution in [3.8, 4) is 10.4 Å². The van der Waals surface area contributed by atoms with E-state index in [-0.39, 0.29) is 17.9 Å². The quantitative estimate of drug-likeness (QED) is 0.412. The van der Waals surface area contributed by atoms with Crippen LogP contribution in [0, 0.1) is 32.6 Å². The molecule has 35 heavy (non-hydrogen) atoms. The summed E-state index contributed by atoms with van der Waals surface area (Å²) in [5.41, 5.74) is 4.00. The second kappa shape index (κ2) is 8.34. The van der Waals surface area contributed by atoms with Gasteiger partial charge in [0.2, 0.25) is 0 Å². The van der Waals surface area contributed by atoms with Gasteiger partial charge in [-0.1, -0.05) is 35.9 Å². The molecule has 1 N–H and O–H groups in total. The lowest BCUT2D eigenvalue weighted by atomic mass is 10.1. The Balaban J connectivity index is 1.23. The third kappa shape index (κ3) is 3.93. The van der Waals surface area contributed by atoms with Gasteiger partial charge in [-0.25, -0.2) is 4.98 Å². The normalized spacial score (nSPS) is 20.8. The predicted octanol–water partition coefficient (Wildman–Crippen LogP) is 5.37. The van der Waals surface area contributed by atoms with Crippen molar-refractivity contribution in [1.82, 2.24) is 15.2 Å². The molecule has 2 aromatic carbocycles. The number of carbonyl (C=O) groups is 2. The molecule has 6 rings (SSSR count). The first-order valence-electron chi connectivity index (χ1n) is 12.0. The van der Waals surface area contributed by atoms with Crippen molar-refractivity contribution in [2.45, 2.75) is 33.2 Å². The fraction of sp³-hybridized carbons (Fsp3) is 0.321. The zero-order valence-corrected chi connectivity index (χ0v) is 20.8. The number of rotatable bonds is 5. The highest BCUT2D eigenvalue weighted by molar-refractivity contribution is 7.15. The van der Waals surface area contributed by atoms with Gasteiger partial charge in [0, 0.05) is 18.5 Å². The number of nitrogens with one attached hydrogen (secondary N) is 1. The monoisotopic (exact) mass is 485 g/mol. The zero-order chi connectivity index (χ0) is 24.3. The molecule has 0 unspecified atom stereocenters. The van der Waals surface area contributed by atoms with Gasteiger partial charge in [-0.15, -0.1) is 11.3 Å². The molecule has 3 heterocycles. The Bertz CT molecular complexity index is 1470. The van der Waals surface area contributed by atoms with Crippen LogP contribution in [0.2, 0.25) is 0 Å². The first kappa shape index (κ1) is 22.0. The van der Waals surface area contributed by atoms with Crippen molar-refractivity contribution in [3.05, 3.63) is 76.1 Å². The van der Waals surface area contributed by atoms with E-state index in [1.54, 1.807) is 11.3 Å². The highest BCUT2D eigenvalue weighted by atomic mass is 32.1. The number of nitrogens with zero attached hydrogens (tertiary/aromatic N) is 2. The van der Waals surface area contributed by atoms with Crippen LogP contribution in [0.15, 0.2) is 52.9 Å². The maximum atomic E-state index is 13.8. The van der Waals surface area contributed by atoms with Crippen LogP contribution in [0.3, 0.4) is 0 Å². The fourth-order valence-electron chi connectivity index (χ4n) is 5.44. The lowest BCUT2D eigenvalue weighted by Gasteiger charge is -2.27. The van der Waals surface area contributed by atoms with Crippen molar-refractivity contribution in [1.29, 1.82) is 0 Å². The third-order valence-corrected chi connectivity index (χ3v) is 8.20. The van der Waals surface area contributed by atoms with E-state index in [1.807, 2.05) is 55.1 Å². The summed E-state index contributed by atoms with van der Waals surface area (Å²) < 4.78 is 5.68. The van der Waals surface area contributed by atoms with Gasteiger partial charge in [0.1, 0.15) is 17.0 Å². The molecule has 0 bridgehead atoms. The molecule has 4 aromatic rings. The van der Waals surface area contributed by atoms with Gasteiger partial charge >= 0.3 is 0 Å². The van der Waals surface area contributed by atoms with Crippen molar-refractivity contribution in [3.63, 3.8) is 0 Å². The van der Waals surface area contributed by atoms with E-state index in [0.717, 1.165) is 45.1 Å². The minimum absolute atomic E-state index is 0.0193. The molecule has 0 spiro atoms.